The quantitative estimate of drug-likeness (QED) is 0.317. The number of methoxy groups -OCH3 is 1. The van der Waals surface area contributed by atoms with E-state index in [-0.39, 0.29) is 11.5 Å². The third-order valence-corrected chi connectivity index (χ3v) is 6.33. The van der Waals surface area contributed by atoms with Crippen LogP contribution in [0.25, 0.3) is 10.9 Å². The van der Waals surface area contributed by atoms with Crippen molar-refractivity contribution in [2.75, 3.05) is 12.4 Å². The molecule has 4 aromatic rings. The first-order valence-corrected chi connectivity index (χ1v) is 11.5. The van der Waals surface area contributed by atoms with Crippen LogP contribution in [0.15, 0.2) is 82.7 Å². The van der Waals surface area contributed by atoms with E-state index in [1.165, 1.54) is 11.8 Å². The zero-order chi connectivity index (χ0) is 24.1. The molecule has 1 N–H and O–H groups in total. The normalized spacial score (nSPS) is 11.6. The number of thioether (sulfide) groups is 1. The van der Waals surface area contributed by atoms with Crippen LogP contribution in [0.2, 0.25) is 0 Å². The molecule has 1 aromatic heterocycles. The second-order valence-corrected chi connectivity index (χ2v) is 8.90. The molecule has 0 fully saturated rings. The minimum absolute atomic E-state index is 0.168. The molecular weight excluding hydrogens is 448 g/mol. The second kappa shape index (κ2) is 10.2. The highest BCUT2D eigenvalue weighted by Crippen LogP contribution is 2.25. The number of amides is 1. The maximum absolute atomic E-state index is 13.3. The van der Waals surface area contributed by atoms with E-state index in [1.807, 2.05) is 30.3 Å². The van der Waals surface area contributed by atoms with Gasteiger partial charge in [-0.15, -0.1) is 0 Å². The molecule has 3 aromatic carbocycles. The predicted octanol–water partition coefficient (Wildman–Crippen LogP) is 4.44. The van der Waals surface area contributed by atoms with Crippen LogP contribution in [0.1, 0.15) is 18.1 Å². The highest BCUT2D eigenvalue weighted by atomic mass is 32.2. The molecule has 1 heterocycles. The van der Waals surface area contributed by atoms with Crippen LogP contribution in [0.3, 0.4) is 0 Å². The average molecular weight is 471 g/mol. The molecule has 0 aliphatic rings. The number of rotatable bonds is 7. The van der Waals surface area contributed by atoms with Crippen molar-refractivity contribution in [3.63, 3.8) is 0 Å². The van der Waals surface area contributed by atoms with Crippen LogP contribution in [0.4, 0.5) is 5.69 Å². The van der Waals surface area contributed by atoms with Gasteiger partial charge in [-0.2, -0.15) is 5.26 Å². The standard InChI is InChI=1S/C26H22N4O3S/c1-17(24(31)28-20-7-5-6-19(14-20)15-27)34-26-29-23-9-4-3-8-22(23)25(32)30(26)16-18-10-12-21(33-2)13-11-18/h3-14,17H,16H2,1-2H3,(H,28,31)/t17-/m1/s1. The lowest BCUT2D eigenvalue weighted by molar-refractivity contribution is -0.115. The van der Waals surface area contributed by atoms with E-state index in [4.69, 9.17) is 15.0 Å². The fraction of sp³-hybridized carbons (Fsp3) is 0.154. The first-order valence-electron chi connectivity index (χ1n) is 10.6. The zero-order valence-corrected chi connectivity index (χ0v) is 19.5. The van der Waals surface area contributed by atoms with E-state index in [0.29, 0.717) is 33.9 Å². The molecule has 8 heteroatoms. The fourth-order valence-electron chi connectivity index (χ4n) is 3.41. The van der Waals surface area contributed by atoms with Crippen molar-refractivity contribution in [3.05, 3.63) is 94.3 Å². The molecule has 34 heavy (non-hydrogen) atoms. The Balaban J connectivity index is 1.64. The number of carbonyl (C=O) groups excluding carboxylic acids is 1. The van der Waals surface area contributed by atoms with Crippen molar-refractivity contribution in [3.8, 4) is 11.8 Å². The van der Waals surface area contributed by atoms with Gasteiger partial charge < -0.3 is 10.1 Å². The Bertz CT molecular complexity index is 1440. The maximum atomic E-state index is 13.3. The average Bonchev–Trinajstić information content (AvgIpc) is 2.86. The van der Waals surface area contributed by atoms with Gasteiger partial charge in [0.05, 0.1) is 41.4 Å². The number of ether oxygens (including phenoxy) is 1. The van der Waals surface area contributed by atoms with Crippen LogP contribution in [-0.4, -0.2) is 27.8 Å². The van der Waals surface area contributed by atoms with Gasteiger partial charge in [0.15, 0.2) is 5.16 Å². The fourth-order valence-corrected chi connectivity index (χ4v) is 4.32. The first kappa shape index (κ1) is 23.1. The van der Waals surface area contributed by atoms with Gasteiger partial charge >= 0.3 is 0 Å². The number of nitrogens with zero attached hydrogens (tertiary/aromatic N) is 3. The molecule has 7 nitrogen and oxygen atoms in total. The number of nitriles is 1. The van der Waals surface area contributed by atoms with E-state index in [0.717, 1.165) is 11.3 Å². The Morgan fingerprint density at radius 1 is 1.15 bits per heavy atom. The zero-order valence-electron chi connectivity index (χ0n) is 18.7. The predicted molar refractivity (Wildman–Crippen MR) is 133 cm³/mol. The minimum atomic E-state index is -0.541. The lowest BCUT2D eigenvalue weighted by Gasteiger charge is -2.17. The van der Waals surface area contributed by atoms with Crippen molar-refractivity contribution in [2.24, 2.45) is 0 Å². The molecule has 0 bridgehead atoms. The molecule has 0 spiro atoms. The number of carbonyl (C=O) groups is 1. The Labute approximate surface area is 201 Å². The van der Waals surface area contributed by atoms with E-state index in [1.54, 1.807) is 61.1 Å². The number of nitrogens with one attached hydrogen (secondary N) is 1. The van der Waals surface area contributed by atoms with Gasteiger partial charge in [-0.1, -0.05) is 42.1 Å². The van der Waals surface area contributed by atoms with Gasteiger partial charge in [-0.05, 0) is 55.0 Å². The Hall–Kier alpha value is -4.09. The lowest BCUT2D eigenvalue weighted by atomic mass is 10.2. The van der Waals surface area contributed by atoms with Crippen molar-refractivity contribution in [1.29, 1.82) is 5.26 Å². The van der Waals surface area contributed by atoms with E-state index in [2.05, 4.69) is 11.4 Å². The molecule has 1 amide bonds. The van der Waals surface area contributed by atoms with E-state index >= 15 is 0 Å². The summed E-state index contributed by atoms with van der Waals surface area (Å²) in [5.41, 5.74) is 2.32. The second-order valence-electron chi connectivity index (χ2n) is 7.59. The number of aromatic nitrogens is 2. The lowest BCUT2D eigenvalue weighted by Crippen LogP contribution is -2.27. The van der Waals surface area contributed by atoms with Gasteiger partial charge in [0.2, 0.25) is 5.91 Å². The van der Waals surface area contributed by atoms with Crippen molar-refractivity contribution >= 4 is 34.3 Å². The molecule has 170 valence electrons. The van der Waals surface area contributed by atoms with Crippen molar-refractivity contribution < 1.29 is 9.53 Å². The SMILES string of the molecule is COc1ccc(Cn2c(S[C@H](C)C(=O)Nc3cccc(C#N)c3)nc3ccccc3c2=O)cc1. The van der Waals surface area contributed by atoms with E-state index in [9.17, 15) is 9.59 Å². The topological polar surface area (TPSA) is 97.0 Å². The summed E-state index contributed by atoms with van der Waals surface area (Å²) in [5.74, 6) is 0.478. The largest absolute Gasteiger partial charge is 0.497 e. The highest BCUT2D eigenvalue weighted by molar-refractivity contribution is 8.00. The van der Waals surface area contributed by atoms with Crippen LogP contribution < -0.4 is 15.6 Å². The molecular formula is C26H22N4O3S. The summed E-state index contributed by atoms with van der Waals surface area (Å²) in [7, 11) is 1.60. The number of benzene rings is 3. The molecule has 1 atom stereocenters. The van der Waals surface area contributed by atoms with Crippen LogP contribution >= 0.6 is 11.8 Å². The number of para-hydroxylation sites is 1. The Kier molecular flexibility index (Phi) is 6.95. The monoisotopic (exact) mass is 470 g/mol. The molecule has 0 saturated heterocycles. The molecule has 0 saturated carbocycles. The Morgan fingerprint density at radius 3 is 2.65 bits per heavy atom. The molecule has 0 unspecified atom stereocenters. The number of fused-ring (bicyclic) bond motifs is 1. The summed E-state index contributed by atoms with van der Waals surface area (Å²) in [6, 6.07) is 23.4. The first-order chi connectivity index (χ1) is 16.5. The van der Waals surface area contributed by atoms with Gasteiger partial charge in [0.25, 0.3) is 5.56 Å². The molecule has 0 radical (unpaired) electrons. The molecule has 0 aliphatic heterocycles. The van der Waals surface area contributed by atoms with E-state index < -0.39 is 5.25 Å². The van der Waals surface area contributed by atoms with Crippen molar-refractivity contribution in [1.82, 2.24) is 9.55 Å². The van der Waals surface area contributed by atoms with Gasteiger partial charge in [0.1, 0.15) is 5.75 Å². The Morgan fingerprint density at radius 2 is 1.91 bits per heavy atom. The highest BCUT2D eigenvalue weighted by Gasteiger charge is 2.20. The third-order valence-electron chi connectivity index (χ3n) is 5.24. The van der Waals surface area contributed by atoms with Crippen LogP contribution in [-0.2, 0) is 11.3 Å². The summed E-state index contributed by atoms with van der Waals surface area (Å²) in [6.07, 6.45) is 0. The molecule has 0 aliphatic carbocycles. The van der Waals surface area contributed by atoms with Crippen molar-refractivity contribution in [2.45, 2.75) is 23.9 Å². The smallest absolute Gasteiger partial charge is 0.262 e. The summed E-state index contributed by atoms with van der Waals surface area (Å²) < 4.78 is 6.81. The summed E-state index contributed by atoms with van der Waals surface area (Å²) in [4.78, 5) is 30.9. The maximum Gasteiger partial charge on any atom is 0.262 e. The number of hydrogen-bond donors (Lipinski definition) is 1. The van der Waals surface area contributed by atoms with Crippen LogP contribution in [0.5, 0.6) is 5.75 Å². The summed E-state index contributed by atoms with van der Waals surface area (Å²) in [5, 5.41) is 12.3. The van der Waals surface area contributed by atoms with Gasteiger partial charge in [-0.25, -0.2) is 4.98 Å². The minimum Gasteiger partial charge on any atom is -0.497 e. The number of hydrogen-bond acceptors (Lipinski definition) is 6. The van der Waals surface area contributed by atoms with Gasteiger partial charge in [-0.3, -0.25) is 14.2 Å². The number of anilines is 1. The summed E-state index contributed by atoms with van der Waals surface area (Å²) >= 11 is 1.21. The summed E-state index contributed by atoms with van der Waals surface area (Å²) in [6.45, 7) is 2.06. The molecule has 4 rings (SSSR count). The third kappa shape index (κ3) is 5.11. The van der Waals surface area contributed by atoms with Gasteiger partial charge in [0, 0.05) is 5.69 Å². The van der Waals surface area contributed by atoms with Crippen LogP contribution in [0, 0.1) is 11.3 Å².